The van der Waals surface area contributed by atoms with E-state index in [1.54, 1.807) is 24.3 Å². The quantitative estimate of drug-likeness (QED) is 0.347. The van der Waals surface area contributed by atoms with Gasteiger partial charge in [-0.15, -0.1) is 0 Å². The second-order valence-electron chi connectivity index (χ2n) is 6.76. The molecule has 0 aliphatic carbocycles. The molecule has 1 heterocycles. The van der Waals surface area contributed by atoms with Crippen LogP contribution in [0.5, 0.6) is 5.75 Å². The van der Waals surface area contributed by atoms with E-state index in [4.69, 9.17) is 19.5 Å². The van der Waals surface area contributed by atoms with Gasteiger partial charge in [-0.25, -0.2) is 0 Å². The van der Waals surface area contributed by atoms with Crippen LogP contribution in [0.4, 0.5) is 0 Å². The Kier molecular flexibility index (Phi) is 9.16. The lowest BCUT2D eigenvalue weighted by atomic mass is 10.1. The molecular weight excluding hydrogens is 330 g/mol. The van der Waals surface area contributed by atoms with E-state index < -0.39 is 5.92 Å². The zero-order valence-electron chi connectivity index (χ0n) is 15.6. The van der Waals surface area contributed by atoms with Crippen molar-refractivity contribution in [3.8, 4) is 11.8 Å². The molecule has 1 aliphatic rings. The molecule has 5 nitrogen and oxygen atoms in total. The van der Waals surface area contributed by atoms with Gasteiger partial charge < -0.3 is 14.2 Å². The van der Waals surface area contributed by atoms with E-state index in [1.165, 1.54) is 38.5 Å². The highest BCUT2D eigenvalue weighted by molar-refractivity contribution is 5.75. The number of nitrogens with zero attached hydrogens (tertiary/aromatic N) is 1. The van der Waals surface area contributed by atoms with Crippen molar-refractivity contribution in [3.63, 3.8) is 0 Å². The van der Waals surface area contributed by atoms with E-state index in [0.717, 1.165) is 12.8 Å². The number of ether oxygens (including phenoxy) is 3. The van der Waals surface area contributed by atoms with Crippen LogP contribution in [0.3, 0.4) is 0 Å². The third kappa shape index (κ3) is 7.15. The van der Waals surface area contributed by atoms with Crippen LogP contribution in [-0.4, -0.2) is 25.5 Å². The first-order valence-corrected chi connectivity index (χ1v) is 9.68. The molecule has 0 spiro atoms. The maximum atomic E-state index is 12.2. The highest BCUT2D eigenvalue weighted by Crippen LogP contribution is 2.20. The molecule has 0 amide bonds. The van der Waals surface area contributed by atoms with E-state index in [2.05, 4.69) is 6.92 Å². The van der Waals surface area contributed by atoms with Gasteiger partial charge in [0, 0.05) is 0 Å². The van der Waals surface area contributed by atoms with Crippen LogP contribution in [0.15, 0.2) is 24.3 Å². The van der Waals surface area contributed by atoms with Crippen molar-refractivity contribution in [1.82, 2.24) is 0 Å². The average Bonchev–Trinajstić information content (AvgIpc) is 2.68. The van der Waals surface area contributed by atoms with Crippen molar-refractivity contribution < 1.29 is 19.0 Å². The van der Waals surface area contributed by atoms with Crippen molar-refractivity contribution >= 4 is 5.97 Å². The summed E-state index contributed by atoms with van der Waals surface area (Å²) >= 11 is 0. The van der Waals surface area contributed by atoms with Crippen LogP contribution in [0, 0.1) is 17.2 Å². The van der Waals surface area contributed by atoms with Gasteiger partial charge in [0.2, 0.25) is 0 Å². The Balaban J connectivity index is 1.60. The molecule has 1 aromatic carbocycles. The van der Waals surface area contributed by atoms with Crippen LogP contribution >= 0.6 is 0 Å². The summed E-state index contributed by atoms with van der Waals surface area (Å²) in [4.78, 5) is 12.2. The summed E-state index contributed by atoms with van der Waals surface area (Å²) in [5.41, 5.74) is 0.530. The number of esters is 1. The molecule has 1 fully saturated rings. The molecule has 142 valence electrons. The molecule has 0 bridgehead atoms. The minimum atomic E-state index is -0.407. The highest BCUT2D eigenvalue weighted by atomic mass is 16.7. The third-order valence-electron chi connectivity index (χ3n) is 4.55. The van der Waals surface area contributed by atoms with Gasteiger partial charge in [0.05, 0.1) is 24.8 Å². The van der Waals surface area contributed by atoms with Crippen LogP contribution in [0.1, 0.15) is 63.9 Å². The lowest BCUT2D eigenvalue weighted by molar-refractivity contribution is -0.208. The first kappa shape index (κ1) is 20.4. The lowest BCUT2D eigenvalue weighted by Gasteiger charge is -2.28. The first-order valence-electron chi connectivity index (χ1n) is 9.68. The zero-order chi connectivity index (χ0) is 18.6. The molecule has 5 heteroatoms. The van der Waals surface area contributed by atoms with Crippen molar-refractivity contribution in [3.05, 3.63) is 29.8 Å². The fraction of sp³-hybridized carbons (Fsp3) is 0.619. The summed E-state index contributed by atoms with van der Waals surface area (Å²) in [6.45, 7) is 2.89. The first-order chi connectivity index (χ1) is 12.7. The molecule has 1 aliphatic heterocycles. The Bertz CT molecular complexity index is 571. The van der Waals surface area contributed by atoms with E-state index >= 15 is 0 Å². The molecule has 0 aromatic heterocycles. The predicted octanol–water partition coefficient (Wildman–Crippen LogP) is 4.59. The average molecular weight is 359 g/mol. The third-order valence-corrected chi connectivity index (χ3v) is 4.55. The summed E-state index contributed by atoms with van der Waals surface area (Å²) in [7, 11) is 0. The van der Waals surface area contributed by atoms with Gasteiger partial charge in [0.1, 0.15) is 11.7 Å². The monoisotopic (exact) mass is 359 g/mol. The second-order valence-corrected chi connectivity index (χ2v) is 6.76. The summed E-state index contributed by atoms with van der Waals surface area (Å²) in [5, 5.41) is 8.77. The summed E-state index contributed by atoms with van der Waals surface area (Å²) < 4.78 is 16.7. The van der Waals surface area contributed by atoms with Gasteiger partial charge in [0.25, 0.3) is 0 Å². The fourth-order valence-electron chi connectivity index (χ4n) is 2.91. The topological polar surface area (TPSA) is 68.5 Å². The number of rotatable bonds is 10. The van der Waals surface area contributed by atoms with Crippen molar-refractivity contribution in [1.29, 1.82) is 5.26 Å². The zero-order valence-corrected chi connectivity index (χ0v) is 15.6. The van der Waals surface area contributed by atoms with Gasteiger partial charge >= 0.3 is 5.97 Å². The Morgan fingerprint density at radius 1 is 1.08 bits per heavy atom. The number of hydrogen-bond acceptors (Lipinski definition) is 5. The molecule has 0 saturated carbocycles. The van der Waals surface area contributed by atoms with E-state index in [0.29, 0.717) is 24.5 Å². The maximum absolute atomic E-state index is 12.2. The number of benzene rings is 1. The van der Waals surface area contributed by atoms with Gasteiger partial charge in [0.15, 0.2) is 6.29 Å². The Labute approximate surface area is 156 Å². The van der Waals surface area contributed by atoms with Crippen LogP contribution in [-0.2, 0) is 14.3 Å². The van der Waals surface area contributed by atoms with E-state index in [9.17, 15) is 4.79 Å². The molecule has 26 heavy (non-hydrogen) atoms. The Morgan fingerprint density at radius 2 is 1.69 bits per heavy atom. The van der Waals surface area contributed by atoms with Crippen molar-refractivity contribution in [2.75, 3.05) is 13.2 Å². The molecule has 1 aromatic rings. The van der Waals surface area contributed by atoms with E-state index in [-0.39, 0.29) is 12.3 Å². The maximum Gasteiger partial charge on any atom is 0.319 e. The lowest BCUT2D eigenvalue weighted by Crippen LogP contribution is -2.38. The molecule has 0 N–H and O–H groups in total. The van der Waals surface area contributed by atoms with Crippen LogP contribution in [0.2, 0.25) is 0 Å². The fourth-order valence-corrected chi connectivity index (χ4v) is 2.91. The van der Waals surface area contributed by atoms with Crippen molar-refractivity contribution in [2.45, 2.75) is 64.6 Å². The van der Waals surface area contributed by atoms with Crippen LogP contribution < -0.4 is 4.74 Å². The second kappa shape index (κ2) is 11.7. The Morgan fingerprint density at radius 3 is 2.31 bits per heavy atom. The van der Waals surface area contributed by atoms with Crippen molar-refractivity contribution in [2.24, 2.45) is 5.92 Å². The summed E-state index contributed by atoms with van der Waals surface area (Å²) in [5.74, 6) is -0.334. The minimum Gasteiger partial charge on any atom is -0.426 e. The van der Waals surface area contributed by atoms with Crippen LogP contribution in [0.25, 0.3) is 0 Å². The Hall–Kier alpha value is -1.90. The number of carbonyl (C=O) groups excluding carboxylic acids is 1. The summed E-state index contributed by atoms with van der Waals surface area (Å²) in [6, 6.07) is 8.50. The highest BCUT2D eigenvalue weighted by Gasteiger charge is 2.28. The van der Waals surface area contributed by atoms with E-state index in [1.807, 2.05) is 6.07 Å². The minimum absolute atomic E-state index is 0.204. The molecule has 0 atom stereocenters. The van der Waals surface area contributed by atoms with Gasteiger partial charge in [-0.05, 0) is 37.1 Å². The molecule has 0 unspecified atom stereocenters. The smallest absolute Gasteiger partial charge is 0.319 e. The molecule has 2 rings (SSSR count). The molecule has 1 saturated heterocycles. The predicted molar refractivity (Wildman–Crippen MR) is 98.6 cm³/mol. The number of nitriles is 1. The molecular formula is C21H29NO4. The van der Waals surface area contributed by atoms with Gasteiger partial charge in [-0.1, -0.05) is 45.4 Å². The number of hydrogen-bond donors (Lipinski definition) is 0. The van der Waals surface area contributed by atoms with Gasteiger partial charge in [-0.3, -0.25) is 4.79 Å². The molecule has 0 radical (unpaired) electrons. The number of unbranched alkanes of at least 4 members (excludes halogenated alkanes) is 6. The SMILES string of the molecule is CCCCCCCCC[C@H]1OC[C@H](C(=O)Oc2ccc(C#N)cc2)CO1. The standard InChI is InChI=1S/C21H29NO4/c1-2-3-4-5-6-7-8-9-20-24-15-18(16-25-20)21(23)26-19-12-10-17(14-22)11-13-19/h10-13,18,20H,2-9,15-16H2,1H3/t18-,20-. The summed E-state index contributed by atoms with van der Waals surface area (Å²) in [6.07, 6.45) is 9.49. The number of carbonyl (C=O) groups is 1. The largest absolute Gasteiger partial charge is 0.426 e. The van der Waals surface area contributed by atoms with Gasteiger partial charge in [-0.2, -0.15) is 5.26 Å². The normalized spacial score (nSPS) is 19.7.